The van der Waals surface area contributed by atoms with E-state index in [2.05, 4.69) is 5.43 Å². The van der Waals surface area contributed by atoms with Crippen molar-refractivity contribution in [3.05, 3.63) is 74.8 Å². The van der Waals surface area contributed by atoms with Gasteiger partial charge in [0.1, 0.15) is 10.6 Å². The summed E-state index contributed by atoms with van der Waals surface area (Å²) in [7, 11) is 0. The van der Waals surface area contributed by atoms with Gasteiger partial charge in [-0.1, -0.05) is 35.9 Å². The van der Waals surface area contributed by atoms with Gasteiger partial charge in [-0.2, -0.15) is 0 Å². The van der Waals surface area contributed by atoms with Crippen LogP contribution in [0.1, 0.15) is 41.5 Å². The zero-order valence-electron chi connectivity index (χ0n) is 14.5. The first-order valence-corrected chi connectivity index (χ1v) is 8.14. The van der Waals surface area contributed by atoms with E-state index in [0.717, 1.165) is 5.01 Å². The number of hydrogen-bond donors (Lipinski definition) is 1. The van der Waals surface area contributed by atoms with E-state index in [4.69, 9.17) is 11.6 Å². The summed E-state index contributed by atoms with van der Waals surface area (Å²) in [5, 5.41) is 12.2. The molecule has 26 heavy (non-hydrogen) atoms. The predicted octanol–water partition coefficient (Wildman–Crippen LogP) is 3.83. The number of hydrazine groups is 1. The Bertz CT molecular complexity index is 847. The molecule has 0 fully saturated rings. The number of benzene rings is 2. The lowest BCUT2D eigenvalue weighted by Crippen LogP contribution is -2.55. The maximum Gasteiger partial charge on any atom is 0.300 e. The van der Waals surface area contributed by atoms with Crippen LogP contribution in [0.25, 0.3) is 0 Å². The van der Waals surface area contributed by atoms with Gasteiger partial charge < -0.3 is 0 Å². The molecule has 0 atom stereocenters. The van der Waals surface area contributed by atoms with Crippen LogP contribution >= 0.6 is 11.6 Å². The third-order valence-electron chi connectivity index (χ3n) is 3.52. The molecule has 0 aliphatic rings. The largest absolute Gasteiger partial charge is 0.300 e. The van der Waals surface area contributed by atoms with Crippen LogP contribution in [0.5, 0.6) is 0 Å². The SMILES string of the molecule is CC(C)(C)N(NC(=O)c1cccc(Cl)c1[N+](=O)[O-])C(=O)c1ccccc1. The summed E-state index contributed by atoms with van der Waals surface area (Å²) < 4.78 is 0. The molecule has 2 aromatic rings. The summed E-state index contributed by atoms with van der Waals surface area (Å²) >= 11 is 5.85. The minimum Gasteiger partial charge on any atom is -0.267 e. The minimum atomic E-state index is -0.793. The van der Waals surface area contributed by atoms with Crippen LogP contribution in [-0.2, 0) is 0 Å². The maximum atomic E-state index is 12.8. The Morgan fingerprint density at radius 1 is 1.08 bits per heavy atom. The first-order valence-electron chi connectivity index (χ1n) is 7.76. The number of hydrogen-bond acceptors (Lipinski definition) is 4. The second-order valence-electron chi connectivity index (χ2n) is 6.51. The quantitative estimate of drug-likeness (QED) is 0.651. The standard InChI is InChI=1S/C18H18ClN3O4/c1-18(2,3)21(17(24)12-8-5-4-6-9-12)20-16(23)13-10-7-11-14(19)15(13)22(25)26/h4-11H,1-3H3,(H,20,23). The maximum absolute atomic E-state index is 12.8. The summed E-state index contributed by atoms with van der Waals surface area (Å²) in [4.78, 5) is 36.0. The molecule has 0 heterocycles. The van der Waals surface area contributed by atoms with E-state index < -0.39 is 28.0 Å². The molecule has 2 amide bonds. The van der Waals surface area contributed by atoms with Crippen LogP contribution in [-0.4, -0.2) is 27.3 Å². The highest BCUT2D eigenvalue weighted by molar-refractivity contribution is 6.33. The molecule has 136 valence electrons. The van der Waals surface area contributed by atoms with Gasteiger partial charge in [0, 0.05) is 5.56 Å². The Morgan fingerprint density at radius 2 is 1.69 bits per heavy atom. The van der Waals surface area contributed by atoms with E-state index in [1.807, 2.05) is 0 Å². The second-order valence-corrected chi connectivity index (χ2v) is 6.92. The van der Waals surface area contributed by atoms with Gasteiger partial charge in [0.15, 0.2) is 0 Å². The van der Waals surface area contributed by atoms with E-state index in [1.165, 1.54) is 18.2 Å². The first kappa shape index (κ1) is 19.4. The molecule has 0 saturated carbocycles. The minimum absolute atomic E-state index is 0.153. The molecule has 0 radical (unpaired) electrons. The number of nitro benzene ring substituents is 1. The number of nitrogens with one attached hydrogen (secondary N) is 1. The van der Waals surface area contributed by atoms with Crippen molar-refractivity contribution in [2.75, 3.05) is 0 Å². The van der Waals surface area contributed by atoms with Crippen molar-refractivity contribution < 1.29 is 14.5 Å². The van der Waals surface area contributed by atoms with Gasteiger partial charge in [0.25, 0.3) is 11.8 Å². The number of halogens is 1. The van der Waals surface area contributed by atoms with Gasteiger partial charge in [-0.15, -0.1) is 0 Å². The number of carbonyl (C=O) groups excluding carboxylic acids is 2. The van der Waals surface area contributed by atoms with Crippen LogP contribution in [0, 0.1) is 10.1 Å². The number of para-hydroxylation sites is 1. The van der Waals surface area contributed by atoms with E-state index in [-0.39, 0.29) is 10.6 Å². The fourth-order valence-electron chi connectivity index (χ4n) is 2.28. The third-order valence-corrected chi connectivity index (χ3v) is 3.83. The molecule has 0 aliphatic carbocycles. The summed E-state index contributed by atoms with van der Waals surface area (Å²) in [6.07, 6.45) is 0. The lowest BCUT2D eigenvalue weighted by Gasteiger charge is -2.35. The summed E-state index contributed by atoms with van der Waals surface area (Å²) in [5.41, 5.74) is 1.35. The molecule has 2 aromatic carbocycles. The van der Waals surface area contributed by atoms with Gasteiger partial charge in [-0.3, -0.25) is 25.1 Å². The van der Waals surface area contributed by atoms with Crippen LogP contribution in [0.2, 0.25) is 5.02 Å². The highest BCUT2D eigenvalue weighted by Crippen LogP contribution is 2.28. The van der Waals surface area contributed by atoms with Gasteiger partial charge in [0.2, 0.25) is 0 Å². The smallest absolute Gasteiger partial charge is 0.267 e. The third kappa shape index (κ3) is 4.18. The Hall–Kier alpha value is -2.93. The number of amides is 2. The molecule has 7 nitrogen and oxygen atoms in total. The Morgan fingerprint density at radius 3 is 2.23 bits per heavy atom. The zero-order chi connectivity index (χ0) is 19.5. The van der Waals surface area contributed by atoms with E-state index in [0.29, 0.717) is 5.56 Å². The van der Waals surface area contributed by atoms with E-state index >= 15 is 0 Å². The highest BCUT2D eigenvalue weighted by Gasteiger charge is 2.32. The van der Waals surface area contributed by atoms with Crippen LogP contribution < -0.4 is 5.43 Å². The number of nitrogens with zero attached hydrogens (tertiary/aromatic N) is 2. The topological polar surface area (TPSA) is 92.6 Å². The van der Waals surface area contributed by atoms with Crippen LogP contribution in [0.3, 0.4) is 0 Å². The van der Waals surface area contributed by atoms with Gasteiger partial charge in [-0.05, 0) is 45.0 Å². The van der Waals surface area contributed by atoms with Crippen molar-refractivity contribution in [3.8, 4) is 0 Å². The van der Waals surface area contributed by atoms with Crippen molar-refractivity contribution in [2.24, 2.45) is 0 Å². The summed E-state index contributed by atoms with van der Waals surface area (Å²) in [5.74, 6) is -1.23. The van der Waals surface area contributed by atoms with Crippen LogP contribution in [0.15, 0.2) is 48.5 Å². The van der Waals surface area contributed by atoms with E-state index in [9.17, 15) is 19.7 Å². The fraction of sp³-hybridized carbons (Fsp3) is 0.222. The average molecular weight is 376 g/mol. The lowest BCUT2D eigenvalue weighted by atomic mass is 10.1. The van der Waals surface area contributed by atoms with E-state index in [1.54, 1.807) is 51.1 Å². The predicted molar refractivity (Wildman–Crippen MR) is 97.9 cm³/mol. The Balaban J connectivity index is 2.39. The number of rotatable bonds is 3. The molecular formula is C18H18ClN3O4. The summed E-state index contributed by atoms with van der Waals surface area (Å²) in [6, 6.07) is 12.5. The Labute approximate surface area is 155 Å². The fourth-order valence-corrected chi connectivity index (χ4v) is 2.52. The lowest BCUT2D eigenvalue weighted by molar-refractivity contribution is -0.385. The van der Waals surface area contributed by atoms with Crippen molar-refractivity contribution >= 4 is 29.1 Å². The normalized spacial score (nSPS) is 10.9. The zero-order valence-corrected chi connectivity index (χ0v) is 15.3. The highest BCUT2D eigenvalue weighted by atomic mass is 35.5. The summed E-state index contributed by atoms with van der Waals surface area (Å²) in [6.45, 7) is 5.21. The molecule has 0 aliphatic heterocycles. The molecule has 2 rings (SSSR count). The molecule has 1 N–H and O–H groups in total. The molecule has 0 bridgehead atoms. The molecule has 0 aromatic heterocycles. The Kier molecular flexibility index (Phi) is 5.62. The van der Waals surface area contributed by atoms with Crippen LogP contribution in [0.4, 0.5) is 5.69 Å². The number of nitro groups is 1. The first-order chi connectivity index (χ1) is 12.1. The van der Waals surface area contributed by atoms with Gasteiger partial charge in [-0.25, -0.2) is 5.01 Å². The molecule has 0 spiro atoms. The van der Waals surface area contributed by atoms with Crippen molar-refractivity contribution in [3.63, 3.8) is 0 Å². The van der Waals surface area contributed by atoms with Crippen molar-refractivity contribution in [2.45, 2.75) is 26.3 Å². The van der Waals surface area contributed by atoms with Gasteiger partial charge >= 0.3 is 5.69 Å². The number of carbonyl (C=O) groups is 2. The monoisotopic (exact) mass is 375 g/mol. The van der Waals surface area contributed by atoms with Crippen molar-refractivity contribution in [1.29, 1.82) is 0 Å². The molecular weight excluding hydrogens is 358 g/mol. The molecule has 0 saturated heterocycles. The average Bonchev–Trinajstić information content (AvgIpc) is 2.58. The van der Waals surface area contributed by atoms with Gasteiger partial charge in [0.05, 0.1) is 10.5 Å². The van der Waals surface area contributed by atoms with Crippen molar-refractivity contribution in [1.82, 2.24) is 10.4 Å². The molecule has 0 unspecified atom stereocenters. The second kappa shape index (κ2) is 7.53. The molecule has 8 heteroatoms.